The summed E-state index contributed by atoms with van der Waals surface area (Å²) in [7, 11) is 0. The van der Waals surface area contributed by atoms with Gasteiger partial charge < -0.3 is 10.2 Å². The average molecular weight is 387 g/mol. The molecule has 0 saturated carbocycles. The summed E-state index contributed by atoms with van der Waals surface area (Å²) in [5.41, 5.74) is 3.02. The molecule has 2 aromatic rings. The number of nitrogens with one attached hydrogen (secondary N) is 1. The molecule has 0 atom stereocenters. The first-order chi connectivity index (χ1) is 12.7. The van der Waals surface area contributed by atoms with Crippen LogP contribution in [-0.4, -0.2) is 24.9 Å². The molecule has 27 heavy (non-hydrogen) atoms. The minimum atomic E-state index is -0.0797. The third-order valence-electron chi connectivity index (χ3n) is 4.36. The first kappa shape index (κ1) is 21.0. The van der Waals surface area contributed by atoms with Crippen LogP contribution < -0.4 is 10.2 Å². The second-order valence-electron chi connectivity index (χ2n) is 7.62. The number of carbonyl (C=O) groups is 2. The molecule has 2 rings (SSSR count). The summed E-state index contributed by atoms with van der Waals surface area (Å²) in [5.74, 6) is -0.130. The molecule has 0 aliphatic carbocycles. The number of anilines is 1. The van der Waals surface area contributed by atoms with Crippen LogP contribution in [0.4, 0.5) is 5.69 Å². The van der Waals surface area contributed by atoms with Gasteiger partial charge in [-0.15, -0.1) is 0 Å². The van der Waals surface area contributed by atoms with Gasteiger partial charge in [0.25, 0.3) is 0 Å². The maximum atomic E-state index is 12.1. The maximum Gasteiger partial charge on any atom is 0.224 e. The molecule has 0 bridgehead atoms. The number of benzene rings is 2. The summed E-state index contributed by atoms with van der Waals surface area (Å²) in [6, 6.07) is 15.2. The molecular weight excluding hydrogens is 360 g/mol. The molecule has 1 N–H and O–H groups in total. The van der Waals surface area contributed by atoms with E-state index in [9.17, 15) is 9.59 Å². The van der Waals surface area contributed by atoms with E-state index in [1.165, 1.54) is 12.5 Å². The van der Waals surface area contributed by atoms with Gasteiger partial charge >= 0.3 is 0 Å². The fourth-order valence-electron chi connectivity index (χ4n) is 2.77. The Morgan fingerprint density at radius 3 is 2.11 bits per heavy atom. The van der Waals surface area contributed by atoms with Gasteiger partial charge in [0.1, 0.15) is 0 Å². The van der Waals surface area contributed by atoms with Crippen LogP contribution in [-0.2, 0) is 21.4 Å². The average Bonchev–Trinajstić information content (AvgIpc) is 2.60. The molecule has 0 radical (unpaired) electrons. The highest BCUT2D eigenvalue weighted by Crippen LogP contribution is 2.25. The van der Waals surface area contributed by atoms with Crippen molar-refractivity contribution in [1.29, 1.82) is 0 Å². The van der Waals surface area contributed by atoms with Crippen LogP contribution in [0.15, 0.2) is 48.5 Å². The Morgan fingerprint density at radius 1 is 1.00 bits per heavy atom. The zero-order valence-electron chi connectivity index (χ0n) is 16.4. The van der Waals surface area contributed by atoms with Gasteiger partial charge in [-0.25, -0.2) is 0 Å². The molecule has 0 aromatic heterocycles. The van der Waals surface area contributed by atoms with E-state index in [2.05, 4.69) is 26.1 Å². The number of hydrogen-bond donors (Lipinski definition) is 1. The van der Waals surface area contributed by atoms with Crippen LogP contribution in [0.1, 0.15) is 38.8 Å². The van der Waals surface area contributed by atoms with E-state index in [4.69, 9.17) is 11.6 Å². The van der Waals surface area contributed by atoms with Crippen molar-refractivity contribution < 1.29 is 9.59 Å². The van der Waals surface area contributed by atoms with E-state index >= 15 is 0 Å². The lowest BCUT2D eigenvalue weighted by molar-refractivity contribution is -0.121. The van der Waals surface area contributed by atoms with Gasteiger partial charge in [-0.1, -0.05) is 56.6 Å². The minimum Gasteiger partial charge on any atom is -0.354 e. The van der Waals surface area contributed by atoms with Crippen LogP contribution in [0.2, 0.25) is 5.02 Å². The van der Waals surface area contributed by atoms with Crippen molar-refractivity contribution >= 4 is 29.1 Å². The van der Waals surface area contributed by atoms with E-state index in [-0.39, 0.29) is 23.7 Å². The van der Waals surface area contributed by atoms with E-state index in [0.717, 1.165) is 11.3 Å². The van der Waals surface area contributed by atoms with Crippen molar-refractivity contribution in [3.63, 3.8) is 0 Å². The Bertz CT molecular complexity index is 777. The van der Waals surface area contributed by atoms with Crippen molar-refractivity contribution in [3.05, 3.63) is 64.7 Å². The summed E-state index contributed by atoms with van der Waals surface area (Å²) in [4.78, 5) is 25.8. The van der Waals surface area contributed by atoms with E-state index in [1.54, 1.807) is 17.0 Å². The maximum absolute atomic E-state index is 12.1. The highest BCUT2D eigenvalue weighted by molar-refractivity contribution is 6.30. The molecule has 0 saturated heterocycles. The van der Waals surface area contributed by atoms with Crippen LogP contribution >= 0.6 is 11.6 Å². The molecule has 0 fully saturated rings. The number of hydrogen-bond acceptors (Lipinski definition) is 2. The molecule has 0 aliphatic rings. The van der Waals surface area contributed by atoms with Gasteiger partial charge in [0.15, 0.2) is 0 Å². The SMILES string of the molecule is CC(=O)N(CCNC(=O)Cc1ccc(Cl)cc1)c1ccc(C(C)(C)C)cc1. The Hall–Kier alpha value is -2.33. The summed E-state index contributed by atoms with van der Waals surface area (Å²) in [6.07, 6.45) is 0.289. The first-order valence-corrected chi connectivity index (χ1v) is 9.44. The third kappa shape index (κ3) is 6.40. The lowest BCUT2D eigenvalue weighted by atomic mass is 9.87. The van der Waals surface area contributed by atoms with Gasteiger partial charge in [0, 0.05) is 30.7 Å². The minimum absolute atomic E-state index is 0.0505. The number of carbonyl (C=O) groups excluding carboxylic acids is 2. The van der Waals surface area contributed by atoms with Crippen LogP contribution in [0, 0.1) is 0 Å². The van der Waals surface area contributed by atoms with E-state index < -0.39 is 0 Å². The molecule has 2 aromatic carbocycles. The fraction of sp³-hybridized carbons (Fsp3) is 0.364. The molecule has 0 aliphatic heterocycles. The monoisotopic (exact) mass is 386 g/mol. The predicted molar refractivity (Wildman–Crippen MR) is 111 cm³/mol. The summed E-state index contributed by atoms with van der Waals surface area (Å²) in [6.45, 7) is 8.82. The molecular formula is C22H27ClN2O2. The van der Waals surface area contributed by atoms with Crippen molar-refractivity contribution in [2.75, 3.05) is 18.0 Å². The third-order valence-corrected chi connectivity index (χ3v) is 4.61. The smallest absolute Gasteiger partial charge is 0.224 e. The van der Waals surface area contributed by atoms with Crippen LogP contribution in [0.25, 0.3) is 0 Å². The summed E-state index contributed by atoms with van der Waals surface area (Å²) >= 11 is 5.85. The number of halogens is 1. The van der Waals surface area contributed by atoms with Gasteiger partial charge in [0.05, 0.1) is 6.42 Å². The van der Waals surface area contributed by atoms with Gasteiger partial charge in [-0.2, -0.15) is 0 Å². The normalized spacial score (nSPS) is 11.1. The van der Waals surface area contributed by atoms with Gasteiger partial charge in [-0.05, 0) is 40.8 Å². The topological polar surface area (TPSA) is 49.4 Å². The molecule has 0 spiro atoms. The molecule has 4 nitrogen and oxygen atoms in total. The zero-order chi connectivity index (χ0) is 20.0. The second kappa shape index (κ2) is 9.05. The largest absolute Gasteiger partial charge is 0.354 e. The molecule has 144 valence electrons. The first-order valence-electron chi connectivity index (χ1n) is 9.06. The van der Waals surface area contributed by atoms with Crippen molar-refractivity contribution in [1.82, 2.24) is 5.32 Å². The highest BCUT2D eigenvalue weighted by atomic mass is 35.5. The number of rotatable bonds is 6. The van der Waals surface area contributed by atoms with Crippen LogP contribution in [0.5, 0.6) is 0 Å². The van der Waals surface area contributed by atoms with E-state index in [1.807, 2.05) is 36.4 Å². The zero-order valence-corrected chi connectivity index (χ0v) is 17.1. The summed E-state index contributed by atoms with van der Waals surface area (Å²) in [5, 5.41) is 3.52. The quantitative estimate of drug-likeness (QED) is 0.802. The van der Waals surface area contributed by atoms with Gasteiger partial charge in [-0.3, -0.25) is 9.59 Å². The Morgan fingerprint density at radius 2 is 1.59 bits per heavy atom. The molecule has 5 heteroatoms. The molecule has 2 amide bonds. The number of amides is 2. The van der Waals surface area contributed by atoms with Crippen molar-refractivity contribution in [2.24, 2.45) is 0 Å². The standard InChI is InChI=1S/C22H27ClN2O2/c1-16(26)25(20-11-7-18(8-12-20)22(2,3)4)14-13-24-21(27)15-17-5-9-19(23)10-6-17/h5-12H,13-15H2,1-4H3,(H,24,27). The van der Waals surface area contributed by atoms with Crippen molar-refractivity contribution in [2.45, 2.75) is 39.5 Å². The molecule has 0 unspecified atom stereocenters. The van der Waals surface area contributed by atoms with E-state index in [0.29, 0.717) is 18.1 Å². The second-order valence-corrected chi connectivity index (χ2v) is 8.06. The number of nitrogens with zero attached hydrogens (tertiary/aromatic N) is 1. The summed E-state index contributed by atoms with van der Waals surface area (Å²) < 4.78 is 0. The molecule has 0 heterocycles. The highest BCUT2D eigenvalue weighted by Gasteiger charge is 2.16. The van der Waals surface area contributed by atoms with Crippen molar-refractivity contribution in [3.8, 4) is 0 Å². The predicted octanol–water partition coefficient (Wildman–Crippen LogP) is 4.35. The Labute approximate surface area is 166 Å². The lowest BCUT2D eigenvalue weighted by Crippen LogP contribution is -2.38. The fourth-order valence-corrected chi connectivity index (χ4v) is 2.89. The Kier molecular flexibility index (Phi) is 7.03. The lowest BCUT2D eigenvalue weighted by Gasteiger charge is -2.24. The van der Waals surface area contributed by atoms with Crippen LogP contribution in [0.3, 0.4) is 0 Å². The Balaban J connectivity index is 1.91. The van der Waals surface area contributed by atoms with Gasteiger partial charge in [0.2, 0.25) is 11.8 Å².